The summed E-state index contributed by atoms with van der Waals surface area (Å²) < 4.78 is 24.9. The minimum absolute atomic E-state index is 0.291. The van der Waals surface area contributed by atoms with Crippen molar-refractivity contribution in [2.45, 2.75) is 4.90 Å². The standard InChI is InChI=1S/C13H11FOS/c1-16(15)11-7-8-13(14)12(9-11)10-5-3-2-4-6-10/h2-9H,1H3/t16-/m1/s1. The van der Waals surface area contributed by atoms with Crippen LogP contribution in [-0.4, -0.2) is 10.5 Å². The van der Waals surface area contributed by atoms with Crippen LogP contribution in [0.5, 0.6) is 0 Å². The highest BCUT2D eigenvalue weighted by molar-refractivity contribution is 7.84. The van der Waals surface area contributed by atoms with Crippen molar-refractivity contribution < 1.29 is 8.60 Å². The second-order valence-electron chi connectivity index (χ2n) is 3.46. The molecule has 1 atom stereocenters. The van der Waals surface area contributed by atoms with E-state index in [1.807, 2.05) is 30.3 Å². The summed E-state index contributed by atoms with van der Waals surface area (Å²) in [6, 6.07) is 13.8. The van der Waals surface area contributed by atoms with Crippen LogP contribution in [0.1, 0.15) is 0 Å². The molecule has 2 aromatic carbocycles. The van der Waals surface area contributed by atoms with Gasteiger partial charge in [0.15, 0.2) is 0 Å². The highest BCUT2D eigenvalue weighted by Gasteiger charge is 2.07. The van der Waals surface area contributed by atoms with Crippen LogP contribution in [0, 0.1) is 5.82 Å². The molecule has 0 aromatic heterocycles. The van der Waals surface area contributed by atoms with Crippen LogP contribution < -0.4 is 0 Å². The first-order valence-corrected chi connectivity index (χ1v) is 6.42. The van der Waals surface area contributed by atoms with Gasteiger partial charge in [-0.3, -0.25) is 4.21 Å². The maximum atomic E-state index is 13.6. The molecule has 16 heavy (non-hydrogen) atoms. The molecule has 0 spiro atoms. The maximum absolute atomic E-state index is 13.6. The zero-order valence-electron chi connectivity index (χ0n) is 8.81. The van der Waals surface area contributed by atoms with Crippen molar-refractivity contribution in [2.75, 3.05) is 6.26 Å². The van der Waals surface area contributed by atoms with Crippen LogP contribution in [0.25, 0.3) is 11.1 Å². The molecule has 0 aliphatic heterocycles. The molecule has 0 heterocycles. The van der Waals surface area contributed by atoms with E-state index in [0.29, 0.717) is 10.5 Å². The summed E-state index contributed by atoms with van der Waals surface area (Å²) in [5.74, 6) is -0.291. The molecular weight excluding hydrogens is 223 g/mol. The zero-order valence-corrected chi connectivity index (χ0v) is 9.63. The fourth-order valence-corrected chi connectivity index (χ4v) is 2.07. The Bertz CT molecular complexity index is 523. The van der Waals surface area contributed by atoms with E-state index >= 15 is 0 Å². The Morgan fingerprint density at radius 2 is 1.75 bits per heavy atom. The van der Waals surface area contributed by atoms with Gasteiger partial charge in [-0.05, 0) is 23.8 Å². The van der Waals surface area contributed by atoms with E-state index in [-0.39, 0.29) is 5.82 Å². The van der Waals surface area contributed by atoms with Gasteiger partial charge in [0.05, 0.1) is 0 Å². The second kappa shape index (κ2) is 4.58. The van der Waals surface area contributed by atoms with Gasteiger partial charge in [-0.1, -0.05) is 30.3 Å². The van der Waals surface area contributed by atoms with Crippen LogP contribution in [0.3, 0.4) is 0 Å². The molecule has 0 radical (unpaired) electrons. The molecule has 0 unspecified atom stereocenters. The van der Waals surface area contributed by atoms with Crippen molar-refractivity contribution in [2.24, 2.45) is 0 Å². The normalized spacial score (nSPS) is 12.4. The summed E-state index contributed by atoms with van der Waals surface area (Å²) in [5, 5.41) is 0. The number of hydrogen-bond acceptors (Lipinski definition) is 1. The third-order valence-electron chi connectivity index (χ3n) is 2.35. The van der Waals surface area contributed by atoms with Crippen molar-refractivity contribution in [1.82, 2.24) is 0 Å². The number of halogens is 1. The van der Waals surface area contributed by atoms with Crippen LogP contribution in [-0.2, 0) is 10.8 Å². The molecule has 0 amide bonds. The third kappa shape index (κ3) is 2.19. The lowest BCUT2D eigenvalue weighted by atomic mass is 10.1. The van der Waals surface area contributed by atoms with Crippen LogP contribution in [0.2, 0.25) is 0 Å². The highest BCUT2D eigenvalue weighted by Crippen LogP contribution is 2.24. The van der Waals surface area contributed by atoms with E-state index in [1.165, 1.54) is 6.07 Å². The Morgan fingerprint density at radius 3 is 2.38 bits per heavy atom. The number of hydrogen-bond donors (Lipinski definition) is 0. The predicted octanol–water partition coefficient (Wildman–Crippen LogP) is 3.23. The van der Waals surface area contributed by atoms with Gasteiger partial charge in [0.1, 0.15) is 5.82 Å². The van der Waals surface area contributed by atoms with E-state index in [2.05, 4.69) is 0 Å². The highest BCUT2D eigenvalue weighted by atomic mass is 32.2. The summed E-state index contributed by atoms with van der Waals surface area (Å²) in [4.78, 5) is 0.639. The Kier molecular flexibility index (Phi) is 3.15. The number of rotatable bonds is 2. The summed E-state index contributed by atoms with van der Waals surface area (Å²) >= 11 is 0. The summed E-state index contributed by atoms with van der Waals surface area (Å²) in [6.07, 6.45) is 1.59. The fraction of sp³-hybridized carbons (Fsp3) is 0.0769. The van der Waals surface area contributed by atoms with Gasteiger partial charge < -0.3 is 0 Å². The van der Waals surface area contributed by atoms with Crippen molar-refractivity contribution >= 4 is 10.8 Å². The molecule has 3 heteroatoms. The molecule has 2 rings (SSSR count). The van der Waals surface area contributed by atoms with E-state index in [1.54, 1.807) is 18.4 Å². The van der Waals surface area contributed by atoms with E-state index < -0.39 is 10.8 Å². The molecule has 0 N–H and O–H groups in total. The largest absolute Gasteiger partial charge is 0.255 e. The average Bonchev–Trinajstić information content (AvgIpc) is 2.30. The van der Waals surface area contributed by atoms with E-state index in [9.17, 15) is 8.60 Å². The average molecular weight is 234 g/mol. The van der Waals surface area contributed by atoms with E-state index in [0.717, 1.165) is 5.56 Å². The molecule has 0 aliphatic rings. The molecule has 0 fully saturated rings. The van der Waals surface area contributed by atoms with Crippen LogP contribution in [0.15, 0.2) is 53.4 Å². The molecule has 2 aromatic rings. The van der Waals surface area contributed by atoms with Crippen molar-refractivity contribution in [3.63, 3.8) is 0 Å². The van der Waals surface area contributed by atoms with Crippen molar-refractivity contribution in [3.8, 4) is 11.1 Å². The van der Waals surface area contributed by atoms with Gasteiger partial charge >= 0.3 is 0 Å². The Hall–Kier alpha value is -1.48. The van der Waals surface area contributed by atoms with Crippen molar-refractivity contribution in [3.05, 3.63) is 54.3 Å². The van der Waals surface area contributed by atoms with Gasteiger partial charge in [-0.2, -0.15) is 0 Å². The first kappa shape index (κ1) is 11.0. The van der Waals surface area contributed by atoms with Crippen LogP contribution >= 0.6 is 0 Å². The first-order valence-electron chi connectivity index (χ1n) is 4.87. The third-order valence-corrected chi connectivity index (χ3v) is 3.27. The molecular formula is C13H11FOS. The predicted molar refractivity (Wildman–Crippen MR) is 64.2 cm³/mol. The quantitative estimate of drug-likeness (QED) is 0.779. The molecule has 1 nitrogen and oxygen atoms in total. The Balaban J connectivity index is 2.56. The molecule has 0 bridgehead atoms. The fourth-order valence-electron chi connectivity index (χ4n) is 1.52. The maximum Gasteiger partial charge on any atom is 0.131 e. The molecule has 0 aliphatic carbocycles. The van der Waals surface area contributed by atoms with Gasteiger partial charge in [-0.25, -0.2) is 4.39 Å². The first-order chi connectivity index (χ1) is 7.68. The second-order valence-corrected chi connectivity index (χ2v) is 4.84. The SMILES string of the molecule is C[S@@](=O)c1ccc(F)c(-c2ccccc2)c1. The van der Waals surface area contributed by atoms with Crippen LogP contribution in [0.4, 0.5) is 4.39 Å². The lowest BCUT2D eigenvalue weighted by molar-refractivity contribution is 0.630. The van der Waals surface area contributed by atoms with Gasteiger partial charge in [0.25, 0.3) is 0 Å². The smallest absolute Gasteiger partial charge is 0.131 e. The van der Waals surface area contributed by atoms with Gasteiger partial charge in [-0.15, -0.1) is 0 Å². The van der Waals surface area contributed by atoms with Gasteiger partial charge in [0, 0.05) is 27.5 Å². The summed E-state index contributed by atoms with van der Waals surface area (Å²) in [6.45, 7) is 0. The number of benzene rings is 2. The topological polar surface area (TPSA) is 17.1 Å². The molecule has 82 valence electrons. The molecule has 0 saturated carbocycles. The molecule has 0 saturated heterocycles. The summed E-state index contributed by atoms with van der Waals surface area (Å²) in [7, 11) is -1.09. The minimum Gasteiger partial charge on any atom is -0.255 e. The Labute approximate surface area is 96.4 Å². The lowest BCUT2D eigenvalue weighted by Gasteiger charge is -2.05. The minimum atomic E-state index is -1.09. The zero-order chi connectivity index (χ0) is 11.5. The monoisotopic (exact) mass is 234 g/mol. The lowest BCUT2D eigenvalue weighted by Crippen LogP contribution is -1.91. The van der Waals surface area contributed by atoms with E-state index in [4.69, 9.17) is 0 Å². The van der Waals surface area contributed by atoms with Crippen molar-refractivity contribution in [1.29, 1.82) is 0 Å². The Morgan fingerprint density at radius 1 is 1.06 bits per heavy atom. The summed E-state index contributed by atoms with van der Waals surface area (Å²) in [5.41, 5.74) is 1.29. The van der Waals surface area contributed by atoms with Gasteiger partial charge in [0.2, 0.25) is 0 Å².